The van der Waals surface area contributed by atoms with Crippen LogP contribution in [0.4, 0.5) is 4.79 Å². The van der Waals surface area contributed by atoms with Crippen LogP contribution in [0.25, 0.3) is 22.2 Å². The first-order chi connectivity index (χ1) is 26.7. The molecule has 0 unspecified atom stereocenters. The van der Waals surface area contributed by atoms with Gasteiger partial charge in [0, 0.05) is 35.4 Å². The van der Waals surface area contributed by atoms with Crippen molar-refractivity contribution >= 4 is 44.7 Å². The topological polar surface area (TPSA) is 182 Å². The van der Waals surface area contributed by atoms with E-state index < -0.39 is 79.7 Å². The number of ether oxygens (including phenoxy) is 3. The predicted molar refractivity (Wildman–Crippen MR) is 215 cm³/mol. The van der Waals surface area contributed by atoms with Crippen molar-refractivity contribution in [2.45, 2.75) is 108 Å². The molecule has 1 aliphatic heterocycles. The first-order valence-electron chi connectivity index (χ1n) is 19.3. The summed E-state index contributed by atoms with van der Waals surface area (Å²) in [7, 11) is -2.39. The Kier molecular flexibility index (Phi) is 11.4. The SMILES string of the molecule is C=C[C@@H]1C[C@]1(NC(=O)[C@@H]1C[C@@H](Oc2cc(-c3ccccc3)nc3cc(OC)ccc23)CN1C(=O)[C@@H](NC(=O)OC(C)(C)C)C(C)(C)C)C(=O)NS(=O)(=O)C1CCC1. The average molecular weight is 804 g/mol. The molecule has 0 spiro atoms. The lowest BCUT2D eigenvalue weighted by atomic mass is 9.85. The van der Waals surface area contributed by atoms with Crippen LogP contribution in [0.1, 0.15) is 73.6 Å². The molecule has 1 saturated heterocycles. The number of aromatic nitrogens is 1. The molecular formula is C42H53N5O9S. The van der Waals surface area contributed by atoms with Crippen LogP contribution >= 0.6 is 0 Å². The third kappa shape index (κ3) is 9.03. The van der Waals surface area contributed by atoms with E-state index in [0.717, 1.165) is 12.0 Å². The molecule has 2 heterocycles. The third-order valence-corrected chi connectivity index (χ3v) is 12.6. The highest BCUT2D eigenvalue weighted by Gasteiger charge is 2.62. The summed E-state index contributed by atoms with van der Waals surface area (Å²) in [5.74, 6) is -1.55. The number of likely N-dealkylation sites (tertiary alicyclic amines) is 1. The highest BCUT2D eigenvalue weighted by atomic mass is 32.2. The van der Waals surface area contributed by atoms with Crippen molar-refractivity contribution < 1.29 is 41.8 Å². The standard InChI is InChI=1S/C42H53N5O9S/c1-9-26-23-42(26,38(50)46-57(52,53)29-16-13-17-29)45-36(48)33-21-28(24-47(33)37(49)35(40(2,3)4)44-39(51)56-41(5,6)7)55-34-22-31(25-14-11-10-12-15-25)43-32-20-27(54-8)18-19-30(32)34/h9-12,14-15,18-20,22,26,28-29,33,35H,1,13,16-17,21,23-24H2,2-8H3,(H,44,51)(H,45,48)(H,46,50)/t26-,28-,33+,35-,42-/m1/s1. The number of hydrogen-bond donors (Lipinski definition) is 3. The summed E-state index contributed by atoms with van der Waals surface area (Å²) in [6, 6.07) is 14.5. The molecule has 57 heavy (non-hydrogen) atoms. The Morgan fingerprint density at radius 1 is 1.02 bits per heavy atom. The second-order valence-corrected chi connectivity index (χ2v) is 19.2. The van der Waals surface area contributed by atoms with E-state index in [0.29, 0.717) is 40.9 Å². The van der Waals surface area contributed by atoms with Crippen molar-refractivity contribution in [3.05, 3.63) is 67.3 Å². The van der Waals surface area contributed by atoms with Crippen molar-refractivity contribution in [3.8, 4) is 22.8 Å². The largest absolute Gasteiger partial charge is 0.497 e. The molecule has 14 nitrogen and oxygen atoms in total. The number of pyridine rings is 1. The number of fused-ring (bicyclic) bond motifs is 1. The number of nitrogens with one attached hydrogen (secondary N) is 3. The highest BCUT2D eigenvalue weighted by molar-refractivity contribution is 7.90. The number of carbonyl (C=O) groups is 4. The Morgan fingerprint density at radius 3 is 2.30 bits per heavy atom. The predicted octanol–water partition coefficient (Wildman–Crippen LogP) is 5.26. The number of amides is 4. The van der Waals surface area contributed by atoms with Gasteiger partial charge < -0.3 is 29.7 Å². The molecule has 2 aromatic carbocycles. The van der Waals surface area contributed by atoms with Gasteiger partial charge in [-0.2, -0.15) is 0 Å². The molecule has 4 amide bonds. The Hall–Kier alpha value is -5.18. The fraction of sp³-hybridized carbons (Fsp3) is 0.500. The molecule has 15 heteroatoms. The number of rotatable bonds is 12. The lowest BCUT2D eigenvalue weighted by Crippen LogP contribution is -2.60. The Bertz CT molecular complexity index is 2160. The summed E-state index contributed by atoms with van der Waals surface area (Å²) in [6.07, 6.45) is 1.77. The van der Waals surface area contributed by atoms with Gasteiger partial charge in [-0.3, -0.25) is 19.1 Å². The number of benzene rings is 2. The number of methoxy groups -OCH3 is 1. The molecule has 3 N–H and O–H groups in total. The number of sulfonamides is 1. The minimum Gasteiger partial charge on any atom is -0.497 e. The monoisotopic (exact) mass is 803 g/mol. The van der Waals surface area contributed by atoms with E-state index in [1.54, 1.807) is 60.8 Å². The van der Waals surface area contributed by atoms with Crippen LogP contribution in [-0.2, 0) is 29.1 Å². The lowest BCUT2D eigenvalue weighted by molar-refractivity contribution is -0.143. The van der Waals surface area contributed by atoms with Crippen LogP contribution in [-0.4, -0.2) is 90.3 Å². The average Bonchev–Trinajstić information content (AvgIpc) is 3.66. The molecule has 5 atom stereocenters. The van der Waals surface area contributed by atoms with Crippen LogP contribution in [0.15, 0.2) is 67.3 Å². The molecular weight excluding hydrogens is 751 g/mol. The van der Waals surface area contributed by atoms with E-state index in [9.17, 15) is 27.6 Å². The third-order valence-electron chi connectivity index (χ3n) is 10.7. The highest BCUT2D eigenvalue weighted by Crippen LogP contribution is 2.45. The molecule has 6 rings (SSSR count). The minimum absolute atomic E-state index is 0.0122. The van der Waals surface area contributed by atoms with Gasteiger partial charge in [-0.1, -0.05) is 63.6 Å². The summed E-state index contributed by atoms with van der Waals surface area (Å²) < 4.78 is 45.9. The quantitative estimate of drug-likeness (QED) is 0.205. The molecule has 0 radical (unpaired) electrons. The number of hydrogen-bond acceptors (Lipinski definition) is 10. The van der Waals surface area contributed by atoms with E-state index in [1.165, 1.54) is 11.0 Å². The smallest absolute Gasteiger partial charge is 0.408 e. The van der Waals surface area contributed by atoms with Gasteiger partial charge in [0.05, 0.1) is 30.1 Å². The van der Waals surface area contributed by atoms with E-state index in [1.807, 2.05) is 42.5 Å². The maximum atomic E-state index is 14.7. The lowest BCUT2D eigenvalue weighted by Gasteiger charge is -2.36. The van der Waals surface area contributed by atoms with Crippen molar-refractivity contribution in [1.29, 1.82) is 0 Å². The van der Waals surface area contributed by atoms with Crippen LogP contribution in [0.3, 0.4) is 0 Å². The molecule has 2 aliphatic carbocycles. The molecule has 1 aromatic heterocycles. The van der Waals surface area contributed by atoms with Crippen LogP contribution in [0, 0.1) is 11.3 Å². The van der Waals surface area contributed by atoms with Gasteiger partial charge in [0.15, 0.2) is 0 Å². The zero-order chi connectivity index (χ0) is 41.5. The van der Waals surface area contributed by atoms with Gasteiger partial charge in [0.1, 0.15) is 40.8 Å². The van der Waals surface area contributed by atoms with E-state index in [4.69, 9.17) is 19.2 Å². The van der Waals surface area contributed by atoms with Gasteiger partial charge >= 0.3 is 6.09 Å². The van der Waals surface area contributed by atoms with Gasteiger partial charge in [0.25, 0.3) is 5.91 Å². The van der Waals surface area contributed by atoms with E-state index in [2.05, 4.69) is 21.9 Å². The van der Waals surface area contributed by atoms with Crippen molar-refractivity contribution in [2.75, 3.05) is 13.7 Å². The first kappa shape index (κ1) is 41.5. The van der Waals surface area contributed by atoms with Gasteiger partial charge in [-0.05, 0) is 57.6 Å². The zero-order valence-electron chi connectivity index (χ0n) is 33.6. The molecule has 3 aromatic rings. The van der Waals surface area contributed by atoms with Crippen molar-refractivity contribution in [1.82, 2.24) is 25.2 Å². The normalized spacial score (nSPS) is 22.8. The zero-order valence-corrected chi connectivity index (χ0v) is 34.4. The molecule has 2 saturated carbocycles. The summed E-state index contributed by atoms with van der Waals surface area (Å²) in [5, 5.41) is 5.56. The van der Waals surface area contributed by atoms with E-state index in [-0.39, 0.29) is 19.4 Å². The fourth-order valence-electron chi connectivity index (χ4n) is 7.27. The number of alkyl carbamates (subject to hydrolysis) is 1. The second kappa shape index (κ2) is 15.6. The van der Waals surface area contributed by atoms with Crippen LogP contribution < -0.4 is 24.8 Å². The molecule has 306 valence electrons. The maximum Gasteiger partial charge on any atom is 0.408 e. The first-order valence-corrected chi connectivity index (χ1v) is 20.8. The van der Waals surface area contributed by atoms with Gasteiger partial charge in [0.2, 0.25) is 21.8 Å². The Morgan fingerprint density at radius 2 is 1.72 bits per heavy atom. The minimum atomic E-state index is -3.95. The number of nitrogens with zero attached hydrogens (tertiary/aromatic N) is 2. The second-order valence-electron chi connectivity index (χ2n) is 17.2. The van der Waals surface area contributed by atoms with Gasteiger partial charge in [-0.25, -0.2) is 18.2 Å². The van der Waals surface area contributed by atoms with E-state index >= 15 is 0 Å². The van der Waals surface area contributed by atoms with Crippen molar-refractivity contribution in [3.63, 3.8) is 0 Å². The molecule has 0 bridgehead atoms. The fourth-order valence-corrected chi connectivity index (χ4v) is 8.83. The van der Waals surface area contributed by atoms with Gasteiger partial charge in [-0.15, -0.1) is 6.58 Å². The Labute approximate surface area is 334 Å². The summed E-state index contributed by atoms with van der Waals surface area (Å²) >= 11 is 0. The van der Waals surface area contributed by atoms with Crippen LogP contribution in [0.2, 0.25) is 0 Å². The Balaban J connectivity index is 1.34. The summed E-state index contributed by atoms with van der Waals surface area (Å²) in [4.78, 5) is 62.2. The van der Waals surface area contributed by atoms with Crippen molar-refractivity contribution in [2.24, 2.45) is 11.3 Å². The number of carbonyl (C=O) groups excluding carboxylic acids is 4. The maximum absolute atomic E-state index is 14.7. The summed E-state index contributed by atoms with van der Waals surface area (Å²) in [6.45, 7) is 14.2. The van der Waals surface area contributed by atoms with Crippen LogP contribution in [0.5, 0.6) is 11.5 Å². The summed E-state index contributed by atoms with van der Waals surface area (Å²) in [5.41, 5.74) is -1.16. The molecule has 3 fully saturated rings. The molecule has 3 aliphatic rings.